The van der Waals surface area contributed by atoms with Gasteiger partial charge < -0.3 is 9.88 Å². The fourth-order valence-corrected chi connectivity index (χ4v) is 3.38. The van der Waals surface area contributed by atoms with Gasteiger partial charge in [0.25, 0.3) is 0 Å². The zero-order valence-electron chi connectivity index (χ0n) is 12.5. The molecule has 3 heteroatoms. The second-order valence-electron chi connectivity index (χ2n) is 6.00. The maximum Gasteiger partial charge on any atom is 0.0998 e. The smallest absolute Gasteiger partial charge is 0.0998 e. The molecule has 0 spiro atoms. The fraction of sp³-hybridized carbons (Fsp3) is 0.500. The van der Waals surface area contributed by atoms with Gasteiger partial charge in [0.1, 0.15) is 0 Å². The van der Waals surface area contributed by atoms with Crippen molar-refractivity contribution in [2.45, 2.75) is 51.1 Å². The average molecular weight is 281 g/mol. The molecule has 21 heavy (non-hydrogen) atoms. The zero-order valence-corrected chi connectivity index (χ0v) is 12.5. The lowest BCUT2D eigenvalue weighted by Gasteiger charge is -2.22. The van der Waals surface area contributed by atoms with Crippen LogP contribution in [0.5, 0.6) is 0 Å². The van der Waals surface area contributed by atoms with Crippen molar-refractivity contribution in [2.24, 2.45) is 0 Å². The third-order valence-electron chi connectivity index (χ3n) is 4.55. The zero-order chi connectivity index (χ0) is 14.5. The summed E-state index contributed by atoms with van der Waals surface area (Å²) < 4.78 is 2.26. The highest BCUT2D eigenvalue weighted by Gasteiger charge is 2.12. The summed E-state index contributed by atoms with van der Waals surface area (Å²) in [5, 5.41) is 13.9. The van der Waals surface area contributed by atoms with E-state index in [1.54, 1.807) is 0 Å². The van der Waals surface area contributed by atoms with Gasteiger partial charge in [-0.3, -0.25) is 0 Å². The second kappa shape index (κ2) is 6.78. The van der Waals surface area contributed by atoms with Crippen molar-refractivity contribution < 1.29 is 0 Å². The number of nitriles is 1. The van der Waals surface area contributed by atoms with Crippen LogP contribution in [0.1, 0.15) is 44.1 Å². The van der Waals surface area contributed by atoms with E-state index in [9.17, 15) is 0 Å². The molecular formula is C18H23N3. The van der Waals surface area contributed by atoms with E-state index < -0.39 is 0 Å². The fourth-order valence-electron chi connectivity index (χ4n) is 3.38. The predicted molar refractivity (Wildman–Crippen MR) is 86.1 cm³/mol. The van der Waals surface area contributed by atoms with Crippen molar-refractivity contribution in [1.82, 2.24) is 9.88 Å². The Kier molecular flexibility index (Phi) is 4.57. The highest BCUT2D eigenvalue weighted by molar-refractivity contribution is 5.85. The number of aryl methyl sites for hydroxylation is 1. The van der Waals surface area contributed by atoms with Crippen LogP contribution in [-0.4, -0.2) is 17.2 Å². The number of nitrogens with zero attached hydrogens (tertiary/aromatic N) is 2. The number of rotatable bonds is 5. The molecule has 0 unspecified atom stereocenters. The topological polar surface area (TPSA) is 40.8 Å². The number of benzene rings is 1. The minimum Gasteiger partial charge on any atom is -0.347 e. The molecule has 1 aliphatic rings. The maximum atomic E-state index is 9.13. The van der Waals surface area contributed by atoms with Gasteiger partial charge in [0.15, 0.2) is 0 Å². The van der Waals surface area contributed by atoms with Gasteiger partial charge in [-0.25, -0.2) is 0 Å². The number of hydrogen-bond donors (Lipinski definition) is 1. The van der Waals surface area contributed by atoms with Gasteiger partial charge in [-0.2, -0.15) is 5.26 Å². The Balaban J connectivity index is 1.55. The van der Waals surface area contributed by atoms with E-state index in [-0.39, 0.29) is 0 Å². The molecule has 0 aliphatic heterocycles. The first-order valence-electron chi connectivity index (χ1n) is 8.10. The van der Waals surface area contributed by atoms with Gasteiger partial charge in [0.05, 0.1) is 11.6 Å². The number of nitrogens with one attached hydrogen (secondary N) is 1. The molecule has 0 atom stereocenters. The van der Waals surface area contributed by atoms with E-state index in [0.717, 1.165) is 36.5 Å². The first kappa shape index (κ1) is 14.2. The second-order valence-corrected chi connectivity index (χ2v) is 6.00. The van der Waals surface area contributed by atoms with Crippen LogP contribution in [-0.2, 0) is 6.54 Å². The predicted octanol–water partition coefficient (Wildman–Crippen LogP) is 3.83. The number of hydrogen-bond acceptors (Lipinski definition) is 2. The number of aromatic nitrogens is 1. The van der Waals surface area contributed by atoms with Crippen LogP contribution in [0.25, 0.3) is 10.9 Å². The van der Waals surface area contributed by atoms with Crippen LogP contribution >= 0.6 is 0 Å². The summed E-state index contributed by atoms with van der Waals surface area (Å²) in [5.41, 5.74) is 1.94. The summed E-state index contributed by atoms with van der Waals surface area (Å²) in [6.07, 6.45) is 10.1. The van der Waals surface area contributed by atoms with Gasteiger partial charge >= 0.3 is 0 Å². The van der Waals surface area contributed by atoms with E-state index in [4.69, 9.17) is 5.26 Å². The SMILES string of the molecule is N#Cc1cccc2c1ccn2CCCNC1CCCCC1. The van der Waals surface area contributed by atoms with Crippen LogP contribution in [0.15, 0.2) is 30.5 Å². The molecule has 1 fully saturated rings. The largest absolute Gasteiger partial charge is 0.347 e. The van der Waals surface area contributed by atoms with Crippen LogP contribution in [0.3, 0.4) is 0 Å². The molecule has 3 rings (SSSR count). The Morgan fingerprint density at radius 3 is 2.86 bits per heavy atom. The molecule has 0 radical (unpaired) electrons. The minimum absolute atomic E-state index is 0.741. The third-order valence-corrected chi connectivity index (χ3v) is 4.55. The maximum absolute atomic E-state index is 9.13. The molecular weight excluding hydrogens is 258 g/mol. The molecule has 1 aliphatic carbocycles. The Bertz CT molecular complexity index is 629. The van der Waals surface area contributed by atoms with Crippen LogP contribution in [0.4, 0.5) is 0 Å². The molecule has 3 nitrogen and oxygen atoms in total. The highest BCUT2D eigenvalue weighted by atomic mass is 15.0. The Morgan fingerprint density at radius 2 is 2.05 bits per heavy atom. The molecule has 1 saturated carbocycles. The lowest BCUT2D eigenvalue weighted by molar-refractivity contribution is 0.369. The lowest BCUT2D eigenvalue weighted by atomic mass is 9.95. The highest BCUT2D eigenvalue weighted by Crippen LogP contribution is 2.20. The third kappa shape index (κ3) is 3.28. The molecule has 2 aromatic rings. The van der Waals surface area contributed by atoms with Gasteiger partial charge in [0, 0.05) is 29.7 Å². The van der Waals surface area contributed by atoms with Crippen molar-refractivity contribution in [3.63, 3.8) is 0 Å². The molecule has 0 amide bonds. The van der Waals surface area contributed by atoms with Gasteiger partial charge in [-0.05, 0) is 44.0 Å². The Hall–Kier alpha value is -1.79. The lowest BCUT2D eigenvalue weighted by Crippen LogP contribution is -2.32. The average Bonchev–Trinajstić information content (AvgIpc) is 2.96. The van der Waals surface area contributed by atoms with E-state index in [1.807, 2.05) is 12.1 Å². The van der Waals surface area contributed by atoms with Gasteiger partial charge in [0.2, 0.25) is 0 Å². The van der Waals surface area contributed by atoms with Crippen LogP contribution < -0.4 is 5.32 Å². The summed E-state index contributed by atoms with van der Waals surface area (Å²) in [5.74, 6) is 0. The summed E-state index contributed by atoms with van der Waals surface area (Å²) in [6, 6.07) is 11.0. The molecule has 0 bridgehead atoms. The first-order valence-corrected chi connectivity index (χ1v) is 8.10. The van der Waals surface area contributed by atoms with E-state index in [0.29, 0.717) is 0 Å². The molecule has 110 valence electrons. The van der Waals surface area contributed by atoms with Crippen LogP contribution in [0.2, 0.25) is 0 Å². The van der Waals surface area contributed by atoms with Gasteiger partial charge in [-0.15, -0.1) is 0 Å². The van der Waals surface area contributed by atoms with E-state index in [2.05, 4.69) is 34.3 Å². The molecule has 1 aromatic heterocycles. The number of fused-ring (bicyclic) bond motifs is 1. The quantitative estimate of drug-likeness (QED) is 0.846. The Labute approximate surface area is 126 Å². The van der Waals surface area contributed by atoms with Crippen molar-refractivity contribution >= 4 is 10.9 Å². The standard InChI is InChI=1S/C18H23N3/c19-14-15-6-4-9-18-17(15)10-13-21(18)12-5-11-20-16-7-2-1-3-8-16/h4,6,9-10,13,16,20H,1-3,5,7-8,11-12H2. The van der Waals surface area contributed by atoms with Gasteiger partial charge in [-0.1, -0.05) is 25.3 Å². The summed E-state index contributed by atoms with van der Waals surface area (Å²) in [4.78, 5) is 0. The minimum atomic E-state index is 0.741. The van der Waals surface area contributed by atoms with Crippen molar-refractivity contribution in [3.8, 4) is 6.07 Å². The van der Waals surface area contributed by atoms with Crippen molar-refractivity contribution in [2.75, 3.05) is 6.54 Å². The molecule has 1 aromatic carbocycles. The van der Waals surface area contributed by atoms with Crippen molar-refractivity contribution in [3.05, 3.63) is 36.0 Å². The van der Waals surface area contributed by atoms with E-state index >= 15 is 0 Å². The summed E-state index contributed by atoms with van der Waals surface area (Å²) >= 11 is 0. The summed E-state index contributed by atoms with van der Waals surface area (Å²) in [7, 11) is 0. The normalized spacial score (nSPS) is 16.1. The summed E-state index contributed by atoms with van der Waals surface area (Å²) in [6.45, 7) is 2.10. The van der Waals surface area contributed by atoms with Crippen molar-refractivity contribution in [1.29, 1.82) is 5.26 Å². The molecule has 1 heterocycles. The van der Waals surface area contributed by atoms with E-state index in [1.165, 1.54) is 37.6 Å². The monoisotopic (exact) mass is 281 g/mol. The molecule has 0 saturated heterocycles. The van der Waals surface area contributed by atoms with Crippen LogP contribution in [0, 0.1) is 11.3 Å². The first-order chi connectivity index (χ1) is 10.4. The molecule has 1 N–H and O–H groups in total. The Morgan fingerprint density at radius 1 is 1.19 bits per heavy atom.